The standard InChI is InChI=1S/C18H22N2O2/c1-4-19-17(14-8-6-5-7-9-14)18(21)20-15-12-13(2)10-11-16(15)22-3/h5-12,17,19H,4H2,1-3H3,(H,20,21)/t17-/m1/s1. The number of nitrogens with one attached hydrogen (secondary N) is 2. The number of methoxy groups -OCH3 is 1. The number of carbonyl (C=O) groups excluding carboxylic acids is 1. The molecule has 1 amide bonds. The van der Waals surface area contributed by atoms with E-state index in [4.69, 9.17) is 4.74 Å². The molecule has 116 valence electrons. The Balaban J connectivity index is 2.24. The number of rotatable bonds is 6. The van der Waals surface area contributed by atoms with Crippen LogP contribution in [0.2, 0.25) is 0 Å². The van der Waals surface area contributed by atoms with Crippen LogP contribution in [-0.4, -0.2) is 19.6 Å². The molecule has 0 aliphatic heterocycles. The van der Waals surface area contributed by atoms with Gasteiger partial charge < -0.3 is 15.4 Å². The SMILES string of the molecule is CCN[C@@H](C(=O)Nc1cc(C)ccc1OC)c1ccccc1. The van der Waals surface area contributed by atoms with Gasteiger partial charge in [0.15, 0.2) is 0 Å². The Hall–Kier alpha value is -2.33. The maximum atomic E-state index is 12.7. The Morgan fingerprint density at radius 1 is 1.18 bits per heavy atom. The lowest BCUT2D eigenvalue weighted by atomic mass is 10.1. The summed E-state index contributed by atoms with van der Waals surface area (Å²) in [6.07, 6.45) is 0. The fourth-order valence-electron chi connectivity index (χ4n) is 2.34. The van der Waals surface area contributed by atoms with Gasteiger partial charge in [-0.2, -0.15) is 0 Å². The third kappa shape index (κ3) is 3.86. The molecule has 2 aromatic rings. The van der Waals surface area contributed by atoms with E-state index in [2.05, 4.69) is 10.6 Å². The van der Waals surface area contributed by atoms with Crippen molar-refractivity contribution in [2.75, 3.05) is 19.0 Å². The van der Waals surface area contributed by atoms with Crippen LogP contribution in [0.15, 0.2) is 48.5 Å². The van der Waals surface area contributed by atoms with Gasteiger partial charge in [-0.15, -0.1) is 0 Å². The second kappa shape index (κ2) is 7.61. The molecule has 0 saturated carbocycles. The van der Waals surface area contributed by atoms with E-state index >= 15 is 0 Å². The van der Waals surface area contributed by atoms with Crippen molar-refractivity contribution in [1.29, 1.82) is 0 Å². The topological polar surface area (TPSA) is 50.4 Å². The lowest BCUT2D eigenvalue weighted by Gasteiger charge is -2.19. The number of carbonyl (C=O) groups is 1. The minimum Gasteiger partial charge on any atom is -0.495 e. The van der Waals surface area contributed by atoms with Crippen molar-refractivity contribution in [2.24, 2.45) is 0 Å². The predicted molar refractivity (Wildman–Crippen MR) is 89.2 cm³/mol. The Bertz CT molecular complexity index is 626. The zero-order valence-corrected chi connectivity index (χ0v) is 13.2. The summed E-state index contributed by atoms with van der Waals surface area (Å²) in [7, 11) is 1.60. The molecular weight excluding hydrogens is 276 g/mol. The van der Waals surface area contributed by atoms with Gasteiger partial charge in [0.25, 0.3) is 0 Å². The van der Waals surface area contributed by atoms with E-state index in [0.29, 0.717) is 18.0 Å². The van der Waals surface area contributed by atoms with Crippen molar-refractivity contribution < 1.29 is 9.53 Å². The van der Waals surface area contributed by atoms with Gasteiger partial charge in [-0.25, -0.2) is 0 Å². The highest BCUT2D eigenvalue weighted by atomic mass is 16.5. The van der Waals surface area contributed by atoms with Crippen molar-refractivity contribution in [3.63, 3.8) is 0 Å². The van der Waals surface area contributed by atoms with Crippen molar-refractivity contribution >= 4 is 11.6 Å². The van der Waals surface area contributed by atoms with E-state index in [1.165, 1.54) is 0 Å². The summed E-state index contributed by atoms with van der Waals surface area (Å²) >= 11 is 0. The molecule has 4 nitrogen and oxygen atoms in total. The predicted octanol–water partition coefficient (Wildman–Crippen LogP) is 3.29. The van der Waals surface area contributed by atoms with Gasteiger partial charge in [-0.05, 0) is 36.7 Å². The van der Waals surface area contributed by atoms with Gasteiger partial charge >= 0.3 is 0 Å². The second-order valence-corrected chi connectivity index (χ2v) is 5.09. The molecule has 0 aromatic heterocycles. The summed E-state index contributed by atoms with van der Waals surface area (Å²) in [6.45, 7) is 4.67. The van der Waals surface area contributed by atoms with Crippen molar-refractivity contribution in [1.82, 2.24) is 5.32 Å². The molecule has 0 radical (unpaired) electrons. The number of benzene rings is 2. The maximum absolute atomic E-state index is 12.7. The van der Waals surface area contributed by atoms with Crippen LogP contribution in [0.5, 0.6) is 5.75 Å². The lowest BCUT2D eigenvalue weighted by Crippen LogP contribution is -2.33. The number of hydrogen-bond acceptors (Lipinski definition) is 3. The molecule has 0 fully saturated rings. The molecule has 4 heteroatoms. The molecular formula is C18H22N2O2. The zero-order chi connectivity index (χ0) is 15.9. The summed E-state index contributed by atoms with van der Waals surface area (Å²) in [5.74, 6) is 0.555. The van der Waals surface area contributed by atoms with E-state index in [0.717, 1.165) is 11.1 Å². The van der Waals surface area contributed by atoms with Crippen LogP contribution in [0.25, 0.3) is 0 Å². The molecule has 0 bridgehead atoms. The first-order valence-electron chi connectivity index (χ1n) is 7.39. The van der Waals surface area contributed by atoms with Gasteiger partial charge in [-0.1, -0.05) is 43.3 Å². The highest BCUT2D eigenvalue weighted by Crippen LogP contribution is 2.26. The number of anilines is 1. The van der Waals surface area contributed by atoms with Gasteiger partial charge in [0.05, 0.1) is 12.8 Å². The summed E-state index contributed by atoms with van der Waals surface area (Å²) in [5, 5.41) is 6.18. The van der Waals surface area contributed by atoms with E-state index in [-0.39, 0.29) is 5.91 Å². The number of hydrogen-bond donors (Lipinski definition) is 2. The molecule has 0 unspecified atom stereocenters. The van der Waals surface area contributed by atoms with Crippen LogP contribution in [0.4, 0.5) is 5.69 Å². The number of ether oxygens (including phenoxy) is 1. The molecule has 2 rings (SSSR count). The third-order valence-corrected chi connectivity index (χ3v) is 3.42. The second-order valence-electron chi connectivity index (χ2n) is 5.09. The molecule has 2 N–H and O–H groups in total. The molecule has 1 atom stereocenters. The number of amides is 1. The normalized spacial score (nSPS) is 11.8. The van der Waals surface area contributed by atoms with Gasteiger partial charge in [0.2, 0.25) is 5.91 Å². The monoisotopic (exact) mass is 298 g/mol. The molecule has 0 aliphatic rings. The van der Waals surface area contributed by atoms with Gasteiger partial charge in [0.1, 0.15) is 11.8 Å². The Kier molecular flexibility index (Phi) is 5.55. The van der Waals surface area contributed by atoms with Crippen LogP contribution in [0.3, 0.4) is 0 Å². The van der Waals surface area contributed by atoms with Crippen molar-refractivity contribution in [3.05, 3.63) is 59.7 Å². The molecule has 0 heterocycles. The summed E-state index contributed by atoms with van der Waals surface area (Å²) in [5.41, 5.74) is 2.69. The molecule has 0 spiro atoms. The first-order chi connectivity index (χ1) is 10.7. The highest BCUT2D eigenvalue weighted by Gasteiger charge is 2.20. The molecule has 0 saturated heterocycles. The Morgan fingerprint density at radius 2 is 1.91 bits per heavy atom. The fourth-order valence-corrected chi connectivity index (χ4v) is 2.34. The largest absolute Gasteiger partial charge is 0.495 e. The average Bonchev–Trinajstić information content (AvgIpc) is 2.53. The number of likely N-dealkylation sites (N-methyl/N-ethyl adjacent to an activating group) is 1. The first-order valence-corrected chi connectivity index (χ1v) is 7.39. The van der Waals surface area contributed by atoms with Crippen LogP contribution in [-0.2, 0) is 4.79 Å². The van der Waals surface area contributed by atoms with Crippen molar-refractivity contribution in [2.45, 2.75) is 19.9 Å². The Labute approximate surface area is 131 Å². The van der Waals surface area contributed by atoms with Gasteiger partial charge in [0, 0.05) is 0 Å². The Morgan fingerprint density at radius 3 is 2.55 bits per heavy atom. The number of aryl methyl sites for hydroxylation is 1. The van der Waals surface area contributed by atoms with E-state index in [9.17, 15) is 4.79 Å². The maximum Gasteiger partial charge on any atom is 0.246 e. The fraction of sp³-hybridized carbons (Fsp3) is 0.278. The minimum absolute atomic E-state index is 0.100. The summed E-state index contributed by atoms with van der Waals surface area (Å²) in [6, 6.07) is 15.0. The lowest BCUT2D eigenvalue weighted by molar-refractivity contribution is -0.118. The van der Waals surface area contributed by atoms with E-state index in [1.54, 1.807) is 7.11 Å². The quantitative estimate of drug-likeness (QED) is 0.860. The summed E-state index contributed by atoms with van der Waals surface area (Å²) < 4.78 is 5.31. The minimum atomic E-state index is -0.392. The third-order valence-electron chi connectivity index (χ3n) is 3.42. The molecule has 22 heavy (non-hydrogen) atoms. The van der Waals surface area contributed by atoms with Crippen molar-refractivity contribution in [3.8, 4) is 5.75 Å². The first kappa shape index (κ1) is 16.0. The van der Waals surface area contributed by atoms with Crippen LogP contribution >= 0.6 is 0 Å². The van der Waals surface area contributed by atoms with Gasteiger partial charge in [-0.3, -0.25) is 4.79 Å². The van der Waals surface area contributed by atoms with Crippen LogP contribution in [0, 0.1) is 6.92 Å². The summed E-state index contributed by atoms with van der Waals surface area (Å²) in [4.78, 5) is 12.7. The molecule has 2 aromatic carbocycles. The van der Waals surface area contributed by atoms with Crippen LogP contribution < -0.4 is 15.4 Å². The zero-order valence-electron chi connectivity index (χ0n) is 13.2. The van der Waals surface area contributed by atoms with Crippen LogP contribution in [0.1, 0.15) is 24.1 Å². The smallest absolute Gasteiger partial charge is 0.246 e. The van der Waals surface area contributed by atoms with E-state index < -0.39 is 6.04 Å². The molecule has 0 aliphatic carbocycles. The van der Waals surface area contributed by atoms with E-state index in [1.807, 2.05) is 62.4 Å². The average molecular weight is 298 g/mol. The highest BCUT2D eigenvalue weighted by molar-refractivity contribution is 5.96.